The molecule has 0 aliphatic rings. The lowest BCUT2D eigenvalue weighted by atomic mass is 10.2. The van der Waals surface area contributed by atoms with Crippen molar-refractivity contribution in [1.29, 1.82) is 0 Å². The van der Waals surface area contributed by atoms with E-state index in [2.05, 4.69) is 15.6 Å². The van der Waals surface area contributed by atoms with Gasteiger partial charge in [0.15, 0.2) is 5.75 Å². The topological polar surface area (TPSA) is 52.0 Å². The van der Waals surface area contributed by atoms with Crippen LogP contribution in [0.2, 0.25) is 10.0 Å². The minimum Gasteiger partial charge on any atom is -0.491 e. The Morgan fingerprint density at radius 3 is 2.39 bits per heavy atom. The predicted octanol–water partition coefficient (Wildman–Crippen LogP) is 2.73. The zero-order valence-corrected chi connectivity index (χ0v) is 11.2. The fraction of sp³-hybridized carbons (Fsp3) is 0.273. The summed E-state index contributed by atoms with van der Waals surface area (Å²) in [5, 5.41) is 8.38. The SMILES string of the molecule is CCOc1c(Cl)cc(CNn2cnnc2)cc1Cl. The molecule has 0 spiro atoms. The molecule has 0 amide bonds. The summed E-state index contributed by atoms with van der Waals surface area (Å²) >= 11 is 12.2. The summed E-state index contributed by atoms with van der Waals surface area (Å²) in [5.74, 6) is 0.522. The monoisotopic (exact) mass is 286 g/mol. The lowest BCUT2D eigenvalue weighted by molar-refractivity contribution is 0.340. The van der Waals surface area contributed by atoms with Crippen molar-refractivity contribution in [2.45, 2.75) is 13.5 Å². The normalized spacial score (nSPS) is 10.4. The summed E-state index contributed by atoms with van der Waals surface area (Å²) in [6, 6.07) is 3.63. The van der Waals surface area contributed by atoms with Crippen molar-refractivity contribution >= 4 is 23.2 Å². The number of rotatable bonds is 5. The number of nitrogens with zero attached hydrogens (tertiary/aromatic N) is 3. The average Bonchev–Trinajstić information content (AvgIpc) is 2.84. The third kappa shape index (κ3) is 3.05. The van der Waals surface area contributed by atoms with E-state index >= 15 is 0 Å². The molecule has 0 radical (unpaired) electrons. The smallest absolute Gasteiger partial charge is 0.156 e. The standard InChI is InChI=1S/C11H12Cl2N4O/c1-2-18-11-9(12)3-8(4-10(11)13)5-16-17-6-14-15-7-17/h3-4,6-7,16H,2,5H2,1H3. The van der Waals surface area contributed by atoms with Gasteiger partial charge in [0.25, 0.3) is 0 Å². The Morgan fingerprint density at radius 2 is 1.83 bits per heavy atom. The maximum Gasteiger partial charge on any atom is 0.156 e. The molecule has 0 aliphatic heterocycles. The quantitative estimate of drug-likeness (QED) is 0.918. The second-order valence-corrected chi connectivity index (χ2v) is 4.34. The molecular weight excluding hydrogens is 275 g/mol. The Kier molecular flexibility index (Phi) is 4.28. The summed E-state index contributed by atoms with van der Waals surface area (Å²) in [6.07, 6.45) is 3.13. The van der Waals surface area contributed by atoms with Gasteiger partial charge in [-0.2, -0.15) is 0 Å². The molecule has 5 nitrogen and oxygen atoms in total. The maximum atomic E-state index is 6.11. The van der Waals surface area contributed by atoms with Gasteiger partial charge in [-0.05, 0) is 24.6 Å². The molecule has 7 heteroatoms. The molecule has 2 aromatic rings. The summed E-state index contributed by atoms with van der Waals surface area (Å²) in [6.45, 7) is 2.97. The van der Waals surface area contributed by atoms with E-state index in [0.29, 0.717) is 28.9 Å². The number of benzene rings is 1. The first kappa shape index (κ1) is 13.0. The molecule has 18 heavy (non-hydrogen) atoms. The molecule has 1 aromatic heterocycles. The molecule has 1 heterocycles. The van der Waals surface area contributed by atoms with Crippen molar-refractivity contribution < 1.29 is 4.74 Å². The van der Waals surface area contributed by atoms with Crippen LogP contribution < -0.4 is 10.2 Å². The number of nitrogens with one attached hydrogen (secondary N) is 1. The van der Waals surface area contributed by atoms with Gasteiger partial charge in [0.1, 0.15) is 12.7 Å². The van der Waals surface area contributed by atoms with Crippen molar-refractivity contribution in [3.05, 3.63) is 40.4 Å². The second kappa shape index (κ2) is 5.93. The maximum absolute atomic E-state index is 6.11. The van der Waals surface area contributed by atoms with Crippen molar-refractivity contribution in [3.63, 3.8) is 0 Å². The average molecular weight is 287 g/mol. The van der Waals surface area contributed by atoms with Crippen LogP contribution in [0.5, 0.6) is 5.75 Å². The highest BCUT2D eigenvalue weighted by Crippen LogP contribution is 2.34. The summed E-state index contributed by atoms with van der Waals surface area (Å²) in [5.41, 5.74) is 4.03. The zero-order valence-electron chi connectivity index (χ0n) is 9.73. The van der Waals surface area contributed by atoms with Gasteiger partial charge in [-0.15, -0.1) is 10.2 Å². The Morgan fingerprint density at radius 1 is 1.22 bits per heavy atom. The van der Waals surface area contributed by atoms with Crippen LogP contribution in [-0.2, 0) is 6.54 Å². The van der Waals surface area contributed by atoms with Crippen LogP contribution in [0.3, 0.4) is 0 Å². The van der Waals surface area contributed by atoms with Gasteiger partial charge in [0, 0.05) is 0 Å². The zero-order chi connectivity index (χ0) is 13.0. The van der Waals surface area contributed by atoms with Crippen LogP contribution in [0.1, 0.15) is 12.5 Å². The van der Waals surface area contributed by atoms with Crippen LogP contribution in [0, 0.1) is 0 Å². The summed E-state index contributed by atoms with van der Waals surface area (Å²) in [4.78, 5) is 0. The van der Waals surface area contributed by atoms with E-state index in [4.69, 9.17) is 27.9 Å². The van der Waals surface area contributed by atoms with E-state index in [9.17, 15) is 0 Å². The number of hydrogen-bond acceptors (Lipinski definition) is 4. The van der Waals surface area contributed by atoms with Gasteiger partial charge in [0.05, 0.1) is 23.2 Å². The van der Waals surface area contributed by atoms with Gasteiger partial charge in [-0.3, -0.25) is 0 Å². The number of hydrogen-bond donors (Lipinski definition) is 1. The lowest BCUT2D eigenvalue weighted by Crippen LogP contribution is -2.12. The molecule has 2 rings (SSSR count). The van der Waals surface area contributed by atoms with Crippen LogP contribution in [-0.4, -0.2) is 21.5 Å². The molecule has 0 saturated carbocycles. The first-order valence-corrected chi connectivity index (χ1v) is 6.15. The molecule has 1 aromatic carbocycles. The van der Waals surface area contributed by atoms with E-state index in [1.807, 2.05) is 19.1 Å². The number of ether oxygens (including phenoxy) is 1. The van der Waals surface area contributed by atoms with Crippen LogP contribution >= 0.6 is 23.2 Å². The highest BCUT2D eigenvalue weighted by Gasteiger charge is 2.09. The number of aromatic nitrogens is 3. The lowest BCUT2D eigenvalue weighted by Gasteiger charge is -2.11. The molecule has 0 unspecified atom stereocenters. The van der Waals surface area contributed by atoms with E-state index < -0.39 is 0 Å². The fourth-order valence-corrected chi connectivity index (χ4v) is 2.10. The Bertz CT molecular complexity index is 493. The van der Waals surface area contributed by atoms with Crippen molar-refractivity contribution in [3.8, 4) is 5.75 Å². The van der Waals surface area contributed by atoms with Crippen molar-refractivity contribution in [2.75, 3.05) is 12.0 Å². The molecule has 0 atom stereocenters. The van der Waals surface area contributed by atoms with Gasteiger partial charge in [0.2, 0.25) is 0 Å². The van der Waals surface area contributed by atoms with Gasteiger partial charge in [-0.1, -0.05) is 23.2 Å². The fourth-order valence-electron chi connectivity index (χ4n) is 1.46. The van der Waals surface area contributed by atoms with Gasteiger partial charge in [-0.25, -0.2) is 4.68 Å². The predicted molar refractivity (Wildman–Crippen MR) is 70.7 cm³/mol. The van der Waals surface area contributed by atoms with Crippen LogP contribution in [0.25, 0.3) is 0 Å². The molecule has 0 saturated heterocycles. The largest absolute Gasteiger partial charge is 0.491 e. The highest BCUT2D eigenvalue weighted by atomic mass is 35.5. The van der Waals surface area contributed by atoms with Crippen molar-refractivity contribution in [1.82, 2.24) is 14.9 Å². The Labute approximate surface area is 115 Å². The molecule has 96 valence electrons. The third-order valence-electron chi connectivity index (χ3n) is 2.23. The van der Waals surface area contributed by atoms with E-state index in [1.165, 1.54) is 0 Å². The van der Waals surface area contributed by atoms with E-state index in [0.717, 1.165) is 5.56 Å². The first-order chi connectivity index (χ1) is 8.70. The molecule has 0 aliphatic carbocycles. The second-order valence-electron chi connectivity index (χ2n) is 3.53. The minimum atomic E-state index is 0.505. The van der Waals surface area contributed by atoms with Gasteiger partial charge < -0.3 is 10.2 Å². The molecule has 0 bridgehead atoms. The third-order valence-corrected chi connectivity index (χ3v) is 2.79. The molecular formula is C11H12Cl2N4O. The summed E-state index contributed by atoms with van der Waals surface area (Å²) < 4.78 is 7.01. The van der Waals surface area contributed by atoms with Gasteiger partial charge >= 0.3 is 0 Å². The molecule has 1 N–H and O–H groups in total. The van der Waals surface area contributed by atoms with E-state index in [-0.39, 0.29) is 0 Å². The summed E-state index contributed by atoms with van der Waals surface area (Å²) in [7, 11) is 0. The van der Waals surface area contributed by atoms with Crippen LogP contribution in [0.4, 0.5) is 0 Å². The first-order valence-electron chi connectivity index (χ1n) is 5.40. The van der Waals surface area contributed by atoms with Crippen LogP contribution in [0.15, 0.2) is 24.8 Å². The number of halogens is 2. The highest BCUT2D eigenvalue weighted by molar-refractivity contribution is 6.37. The minimum absolute atomic E-state index is 0.505. The Balaban J connectivity index is 2.10. The van der Waals surface area contributed by atoms with Crippen molar-refractivity contribution in [2.24, 2.45) is 0 Å². The molecule has 0 fully saturated rings. The van der Waals surface area contributed by atoms with E-state index in [1.54, 1.807) is 17.3 Å². The Hall–Kier alpha value is -1.46.